The van der Waals surface area contributed by atoms with Crippen LogP contribution in [0.3, 0.4) is 0 Å². The maximum atomic E-state index is 11.7. The summed E-state index contributed by atoms with van der Waals surface area (Å²) in [4.78, 5) is 12.6. The van der Waals surface area contributed by atoms with Crippen LogP contribution >= 0.6 is 12.6 Å². The second kappa shape index (κ2) is 6.78. The van der Waals surface area contributed by atoms with Gasteiger partial charge < -0.3 is 14.8 Å². The zero-order chi connectivity index (χ0) is 12.8. The van der Waals surface area contributed by atoms with Gasteiger partial charge in [0.2, 0.25) is 5.91 Å². The summed E-state index contributed by atoms with van der Waals surface area (Å²) in [5.41, 5.74) is 0.978. The molecule has 2 rings (SSSR count). The fraction of sp³-hybridized carbons (Fsp3) is 0.462. The standard InChI is InChI=1S/C13H17NO3S/c15-13(7-10-1-3-12(18)4-2-10)14-8-11-9-16-5-6-17-11/h1-4,11,18H,5-9H2,(H,14,15). The Labute approximate surface area is 112 Å². The van der Waals surface area contributed by atoms with Crippen molar-refractivity contribution in [3.8, 4) is 0 Å². The van der Waals surface area contributed by atoms with Crippen molar-refractivity contribution in [2.24, 2.45) is 0 Å². The minimum absolute atomic E-state index is 0.00362. The summed E-state index contributed by atoms with van der Waals surface area (Å²) in [6, 6.07) is 7.57. The van der Waals surface area contributed by atoms with E-state index in [1.807, 2.05) is 24.3 Å². The van der Waals surface area contributed by atoms with Gasteiger partial charge in [-0.3, -0.25) is 4.79 Å². The van der Waals surface area contributed by atoms with Gasteiger partial charge in [0, 0.05) is 11.4 Å². The van der Waals surface area contributed by atoms with E-state index in [9.17, 15) is 4.79 Å². The number of hydrogen-bond acceptors (Lipinski definition) is 4. The third-order valence-corrected chi connectivity index (χ3v) is 3.01. The molecule has 1 unspecified atom stereocenters. The minimum Gasteiger partial charge on any atom is -0.376 e. The largest absolute Gasteiger partial charge is 0.376 e. The smallest absolute Gasteiger partial charge is 0.224 e. The lowest BCUT2D eigenvalue weighted by atomic mass is 10.1. The molecule has 1 aliphatic rings. The first-order valence-corrected chi connectivity index (χ1v) is 6.43. The first-order valence-electron chi connectivity index (χ1n) is 5.98. The molecule has 5 heteroatoms. The molecule has 1 aliphatic heterocycles. The molecule has 4 nitrogen and oxygen atoms in total. The highest BCUT2D eigenvalue weighted by Gasteiger charge is 2.15. The van der Waals surface area contributed by atoms with Gasteiger partial charge in [0.15, 0.2) is 0 Å². The molecule has 1 atom stereocenters. The Balaban J connectivity index is 1.73. The highest BCUT2D eigenvalue weighted by Crippen LogP contribution is 2.08. The lowest BCUT2D eigenvalue weighted by Crippen LogP contribution is -2.40. The molecular formula is C13H17NO3S. The van der Waals surface area contributed by atoms with E-state index >= 15 is 0 Å². The van der Waals surface area contributed by atoms with Crippen molar-refractivity contribution in [3.05, 3.63) is 29.8 Å². The average molecular weight is 267 g/mol. The molecule has 0 aliphatic carbocycles. The molecule has 98 valence electrons. The SMILES string of the molecule is O=C(Cc1ccc(S)cc1)NCC1COCCO1. The number of benzene rings is 1. The second-order valence-corrected chi connectivity index (χ2v) is 4.73. The van der Waals surface area contributed by atoms with Gasteiger partial charge in [0.25, 0.3) is 0 Å². The van der Waals surface area contributed by atoms with Gasteiger partial charge in [-0.05, 0) is 17.7 Å². The lowest BCUT2D eigenvalue weighted by molar-refractivity contribution is -0.123. The fourth-order valence-electron chi connectivity index (χ4n) is 1.74. The van der Waals surface area contributed by atoms with Crippen LogP contribution in [0, 0.1) is 0 Å². The first kappa shape index (κ1) is 13.4. The molecule has 1 heterocycles. The molecule has 1 aromatic carbocycles. The van der Waals surface area contributed by atoms with Crippen LogP contribution in [0.4, 0.5) is 0 Å². The molecule has 0 saturated carbocycles. The Morgan fingerprint density at radius 2 is 2.11 bits per heavy atom. The molecule has 18 heavy (non-hydrogen) atoms. The Bertz CT molecular complexity index is 388. The quantitative estimate of drug-likeness (QED) is 0.802. The fourth-order valence-corrected chi connectivity index (χ4v) is 1.89. The average Bonchev–Trinajstić information content (AvgIpc) is 2.40. The van der Waals surface area contributed by atoms with Gasteiger partial charge in [0.1, 0.15) is 0 Å². The molecule has 0 spiro atoms. The summed E-state index contributed by atoms with van der Waals surface area (Å²) < 4.78 is 10.7. The number of carbonyl (C=O) groups is 1. The van der Waals surface area contributed by atoms with Crippen LogP contribution in [0.1, 0.15) is 5.56 Å². The van der Waals surface area contributed by atoms with Crippen LogP contribution in [0.25, 0.3) is 0 Å². The van der Waals surface area contributed by atoms with E-state index in [0.29, 0.717) is 32.8 Å². The van der Waals surface area contributed by atoms with Gasteiger partial charge >= 0.3 is 0 Å². The van der Waals surface area contributed by atoms with Crippen molar-refractivity contribution in [2.75, 3.05) is 26.4 Å². The van der Waals surface area contributed by atoms with Crippen molar-refractivity contribution < 1.29 is 14.3 Å². The number of hydrogen-bond donors (Lipinski definition) is 2. The Morgan fingerprint density at radius 3 is 2.78 bits per heavy atom. The summed E-state index contributed by atoms with van der Waals surface area (Å²) in [7, 11) is 0. The van der Waals surface area contributed by atoms with E-state index in [0.717, 1.165) is 10.5 Å². The van der Waals surface area contributed by atoms with E-state index in [1.165, 1.54) is 0 Å². The molecule has 0 aromatic heterocycles. The van der Waals surface area contributed by atoms with Crippen molar-refractivity contribution in [1.29, 1.82) is 0 Å². The van der Waals surface area contributed by atoms with E-state index in [-0.39, 0.29) is 12.0 Å². The highest BCUT2D eigenvalue weighted by atomic mass is 32.1. The zero-order valence-electron chi connectivity index (χ0n) is 10.1. The summed E-state index contributed by atoms with van der Waals surface area (Å²) in [5, 5.41) is 2.85. The summed E-state index contributed by atoms with van der Waals surface area (Å²) in [6.45, 7) is 2.29. The zero-order valence-corrected chi connectivity index (χ0v) is 11.0. The minimum atomic E-state index is -0.0254. The highest BCUT2D eigenvalue weighted by molar-refractivity contribution is 7.80. The van der Waals surface area contributed by atoms with Gasteiger partial charge in [-0.25, -0.2) is 0 Å². The molecule has 0 radical (unpaired) electrons. The van der Waals surface area contributed by atoms with Gasteiger partial charge in [-0.2, -0.15) is 0 Å². The Kier molecular flexibility index (Phi) is 5.04. The molecular weight excluding hydrogens is 250 g/mol. The number of rotatable bonds is 4. The molecule has 1 fully saturated rings. The maximum absolute atomic E-state index is 11.7. The summed E-state index contributed by atoms with van der Waals surface area (Å²) >= 11 is 4.20. The number of amides is 1. The number of nitrogens with one attached hydrogen (secondary N) is 1. The second-order valence-electron chi connectivity index (χ2n) is 4.22. The number of carbonyl (C=O) groups excluding carboxylic acids is 1. The van der Waals surface area contributed by atoms with E-state index < -0.39 is 0 Å². The molecule has 1 aromatic rings. The number of ether oxygens (including phenoxy) is 2. The van der Waals surface area contributed by atoms with E-state index in [4.69, 9.17) is 9.47 Å². The topological polar surface area (TPSA) is 47.6 Å². The normalized spacial score (nSPS) is 19.5. The monoisotopic (exact) mass is 267 g/mol. The first-order chi connectivity index (χ1) is 8.74. The van der Waals surface area contributed by atoms with Gasteiger partial charge in [-0.1, -0.05) is 12.1 Å². The molecule has 0 bridgehead atoms. The van der Waals surface area contributed by atoms with Crippen molar-refractivity contribution >= 4 is 18.5 Å². The van der Waals surface area contributed by atoms with Crippen LogP contribution in [0.15, 0.2) is 29.2 Å². The van der Waals surface area contributed by atoms with Crippen LogP contribution in [-0.4, -0.2) is 38.4 Å². The lowest BCUT2D eigenvalue weighted by Gasteiger charge is -2.23. The van der Waals surface area contributed by atoms with Gasteiger partial charge in [-0.15, -0.1) is 12.6 Å². The van der Waals surface area contributed by atoms with E-state index in [1.54, 1.807) is 0 Å². The molecule has 1 amide bonds. The molecule has 1 N–H and O–H groups in total. The van der Waals surface area contributed by atoms with Crippen molar-refractivity contribution in [3.63, 3.8) is 0 Å². The predicted octanol–water partition coefficient (Wildman–Crippen LogP) is 1.05. The Morgan fingerprint density at radius 1 is 1.33 bits per heavy atom. The third kappa shape index (κ3) is 4.33. The maximum Gasteiger partial charge on any atom is 0.224 e. The van der Waals surface area contributed by atoms with Gasteiger partial charge in [0.05, 0.1) is 32.3 Å². The number of thiol groups is 1. The Hall–Kier alpha value is -1.04. The van der Waals surface area contributed by atoms with Crippen LogP contribution < -0.4 is 5.32 Å². The van der Waals surface area contributed by atoms with Crippen LogP contribution in [0.2, 0.25) is 0 Å². The predicted molar refractivity (Wildman–Crippen MR) is 71.0 cm³/mol. The molecule has 1 saturated heterocycles. The van der Waals surface area contributed by atoms with Crippen LogP contribution in [0.5, 0.6) is 0 Å². The summed E-state index contributed by atoms with van der Waals surface area (Å²) in [6.07, 6.45) is 0.351. The van der Waals surface area contributed by atoms with E-state index in [2.05, 4.69) is 17.9 Å². The van der Waals surface area contributed by atoms with Crippen molar-refractivity contribution in [1.82, 2.24) is 5.32 Å². The van der Waals surface area contributed by atoms with Crippen LogP contribution in [-0.2, 0) is 20.7 Å². The van der Waals surface area contributed by atoms with Crippen molar-refractivity contribution in [2.45, 2.75) is 17.4 Å². The third-order valence-electron chi connectivity index (χ3n) is 2.71. The summed E-state index contributed by atoms with van der Waals surface area (Å²) in [5.74, 6) is -0.00362.